The molecule has 0 aliphatic rings. The molecular weight excluding hydrogens is 266 g/mol. The maximum Gasteiger partial charge on any atom is 0.309 e. The number of hydrogen-bond donors (Lipinski definition) is 1. The van der Waals surface area contributed by atoms with Crippen molar-refractivity contribution < 1.29 is 14.3 Å². The molecule has 0 saturated carbocycles. The summed E-state index contributed by atoms with van der Waals surface area (Å²) < 4.78 is 10.5. The maximum atomic E-state index is 11.4. The van der Waals surface area contributed by atoms with Gasteiger partial charge in [-0.25, -0.2) is 0 Å². The highest BCUT2D eigenvalue weighted by Crippen LogP contribution is 2.23. The van der Waals surface area contributed by atoms with Gasteiger partial charge in [-0.15, -0.1) is 0 Å². The first-order valence-corrected chi connectivity index (χ1v) is 6.72. The Labute approximate surface area is 124 Å². The molecule has 0 saturated heterocycles. The van der Waals surface area contributed by atoms with Crippen molar-refractivity contribution >= 4 is 11.7 Å². The van der Waals surface area contributed by atoms with E-state index >= 15 is 0 Å². The summed E-state index contributed by atoms with van der Waals surface area (Å²) in [6, 6.07) is 13.3. The Balaban J connectivity index is 2.11. The summed E-state index contributed by atoms with van der Waals surface area (Å²) in [5.74, 6) is 0.380. The number of nitrogens with two attached hydrogens (primary N) is 1. The first-order valence-electron chi connectivity index (χ1n) is 6.72. The number of esters is 1. The molecule has 110 valence electrons. The monoisotopic (exact) mass is 285 g/mol. The Morgan fingerprint density at radius 1 is 1.14 bits per heavy atom. The van der Waals surface area contributed by atoms with Crippen molar-refractivity contribution in [2.45, 2.75) is 20.0 Å². The average Bonchev–Trinajstić information content (AvgIpc) is 2.47. The lowest BCUT2D eigenvalue weighted by Crippen LogP contribution is -2.08. The van der Waals surface area contributed by atoms with Crippen LogP contribution in [0.25, 0.3) is 0 Å². The molecule has 0 aliphatic heterocycles. The van der Waals surface area contributed by atoms with Crippen LogP contribution in [0.15, 0.2) is 42.5 Å². The van der Waals surface area contributed by atoms with Gasteiger partial charge in [-0.1, -0.05) is 30.3 Å². The highest BCUT2D eigenvalue weighted by atomic mass is 16.5. The molecule has 0 aliphatic carbocycles. The lowest BCUT2D eigenvalue weighted by Gasteiger charge is -2.12. The number of methoxy groups -OCH3 is 1. The van der Waals surface area contributed by atoms with Gasteiger partial charge in [-0.3, -0.25) is 4.79 Å². The summed E-state index contributed by atoms with van der Waals surface area (Å²) in [5, 5.41) is 0. The number of aryl methyl sites for hydroxylation is 1. The van der Waals surface area contributed by atoms with E-state index in [1.807, 2.05) is 49.4 Å². The van der Waals surface area contributed by atoms with Crippen LogP contribution in [0.5, 0.6) is 5.75 Å². The molecule has 0 aromatic heterocycles. The highest BCUT2D eigenvalue weighted by Gasteiger charge is 2.09. The van der Waals surface area contributed by atoms with Gasteiger partial charge in [0.2, 0.25) is 0 Å². The SMILES string of the molecule is COC(=O)Cc1ccccc1COc1ccc(C)cc1N. The van der Waals surface area contributed by atoms with Crippen LogP contribution in [0.2, 0.25) is 0 Å². The van der Waals surface area contributed by atoms with Gasteiger partial charge in [0.25, 0.3) is 0 Å². The Morgan fingerprint density at radius 2 is 1.86 bits per heavy atom. The lowest BCUT2D eigenvalue weighted by atomic mass is 10.1. The van der Waals surface area contributed by atoms with Gasteiger partial charge in [-0.2, -0.15) is 0 Å². The van der Waals surface area contributed by atoms with Crippen LogP contribution in [-0.4, -0.2) is 13.1 Å². The fraction of sp³-hybridized carbons (Fsp3) is 0.235. The largest absolute Gasteiger partial charge is 0.487 e. The van der Waals surface area contributed by atoms with E-state index in [0.29, 0.717) is 18.0 Å². The number of carbonyl (C=O) groups excluding carboxylic acids is 1. The van der Waals surface area contributed by atoms with Crippen molar-refractivity contribution in [1.29, 1.82) is 0 Å². The average molecular weight is 285 g/mol. The summed E-state index contributed by atoms with van der Waals surface area (Å²) in [5.41, 5.74) is 9.47. The predicted molar refractivity (Wildman–Crippen MR) is 82.1 cm³/mol. The third-order valence-electron chi connectivity index (χ3n) is 3.23. The number of anilines is 1. The summed E-state index contributed by atoms with van der Waals surface area (Å²) >= 11 is 0. The summed E-state index contributed by atoms with van der Waals surface area (Å²) in [6.07, 6.45) is 0.236. The summed E-state index contributed by atoms with van der Waals surface area (Å²) in [6.45, 7) is 2.34. The van der Waals surface area contributed by atoms with Crippen LogP contribution in [0.3, 0.4) is 0 Å². The van der Waals surface area contributed by atoms with E-state index in [4.69, 9.17) is 15.2 Å². The van der Waals surface area contributed by atoms with Gasteiger partial charge < -0.3 is 15.2 Å². The Morgan fingerprint density at radius 3 is 2.52 bits per heavy atom. The molecule has 0 bridgehead atoms. The number of benzene rings is 2. The number of nitrogen functional groups attached to an aromatic ring is 1. The maximum absolute atomic E-state index is 11.4. The molecule has 0 spiro atoms. The van der Waals surface area contributed by atoms with E-state index in [0.717, 1.165) is 16.7 Å². The molecule has 0 fully saturated rings. The molecule has 21 heavy (non-hydrogen) atoms. The van der Waals surface area contributed by atoms with Crippen molar-refractivity contribution in [1.82, 2.24) is 0 Å². The van der Waals surface area contributed by atoms with Crippen molar-refractivity contribution in [2.75, 3.05) is 12.8 Å². The molecule has 0 heterocycles. The fourth-order valence-electron chi connectivity index (χ4n) is 2.05. The van der Waals surface area contributed by atoms with Crippen LogP contribution in [0.1, 0.15) is 16.7 Å². The zero-order chi connectivity index (χ0) is 15.2. The number of hydrogen-bond acceptors (Lipinski definition) is 4. The molecule has 2 N–H and O–H groups in total. The minimum Gasteiger partial charge on any atom is -0.487 e. The van der Waals surface area contributed by atoms with Crippen LogP contribution in [-0.2, 0) is 22.6 Å². The van der Waals surface area contributed by atoms with Gasteiger partial charge in [0.05, 0.1) is 19.2 Å². The van der Waals surface area contributed by atoms with Crippen molar-refractivity contribution in [3.05, 3.63) is 59.2 Å². The van der Waals surface area contributed by atoms with Gasteiger partial charge in [0.15, 0.2) is 0 Å². The van der Waals surface area contributed by atoms with Crippen LogP contribution in [0.4, 0.5) is 5.69 Å². The van der Waals surface area contributed by atoms with Crippen LogP contribution >= 0.6 is 0 Å². The van der Waals surface area contributed by atoms with E-state index in [9.17, 15) is 4.79 Å². The lowest BCUT2D eigenvalue weighted by molar-refractivity contribution is -0.139. The Hall–Kier alpha value is -2.49. The molecule has 4 heteroatoms. The van der Waals surface area contributed by atoms with Crippen molar-refractivity contribution in [3.63, 3.8) is 0 Å². The Kier molecular flexibility index (Phi) is 4.82. The van der Waals surface area contributed by atoms with Crippen molar-refractivity contribution in [3.8, 4) is 5.75 Å². The minimum atomic E-state index is -0.266. The normalized spacial score (nSPS) is 10.2. The first-order chi connectivity index (χ1) is 10.1. The second kappa shape index (κ2) is 6.79. The van der Waals surface area contributed by atoms with Gasteiger partial charge in [0.1, 0.15) is 12.4 Å². The summed E-state index contributed by atoms with van der Waals surface area (Å²) in [7, 11) is 1.38. The molecule has 0 atom stereocenters. The third kappa shape index (κ3) is 3.99. The van der Waals surface area contributed by atoms with Crippen LogP contribution < -0.4 is 10.5 Å². The number of rotatable bonds is 5. The zero-order valence-electron chi connectivity index (χ0n) is 12.3. The highest BCUT2D eigenvalue weighted by molar-refractivity contribution is 5.72. The molecule has 2 aromatic rings. The predicted octanol–water partition coefficient (Wildman–Crippen LogP) is 2.87. The minimum absolute atomic E-state index is 0.236. The first kappa shape index (κ1) is 14.9. The molecule has 0 unspecified atom stereocenters. The third-order valence-corrected chi connectivity index (χ3v) is 3.23. The van der Waals surface area contributed by atoms with E-state index < -0.39 is 0 Å². The van der Waals surface area contributed by atoms with E-state index in [1.165, 1.54) is 7.11 Å². The topological polar surface area (TPSA) is 61.5 Å². The molecule has 4 nitrogen and oxygen atoms in total. The number of carbonyl (C=O) groups is 1. The fourth-order valence-corrected chi connectivity index (χ4v) is 2.05. The van der Waals surface area contributed by atoms with Gasteiger partial charge in [0, 0.05) is 0 Å². The van der Waals surface area contributed by atoms with Crippen LogP contribution in [0, 0.1) is 6.92 Å². The van der Waals surface area contributed by atoms with E-state index in [1.54, 1.807) is 0 Å². The second-order valence-corrected chi connectivity index (χ2v) is 4.85. The standard InChI is InChI=1S/C17H19NO3/c1-12-7-8-16(15(18)9-12)21-11-14-6-4-3-5-13(14)10-17(19)20-2/h3-9H,10-11,18H2,1-2H3. The second-order valence-electron chi connectivity index (χ2n) is 4.85. The molecule has 2 aromatic carbocycles. The quantitative estimate of drug-likeness (QED) is 0.678. The van der Waals surface area contributed by atoms with Gasteiger partial charge in [-0.05, 0) is 35.7 Å². The molecule has 0 radical (unpaired) electrons. The molecule has 0 amide bonds. The molecular formula is C17H19NO3. The van der Waals surface area contributed by atoms with E-state index in [-0.39, 0.29) is 12.4 Å². The smallest absolute Gasteiger partial charge is 0.309 e. The zero-order valence-corrected chi connectivity index (χ0v) is 12.3. The van der Waals surface area contributed by atoms with E-state index in [2.05, 4.69) is 0 Å². The van der Waals surface area contributed by atoms with Gasteiger partial charge >= 0.3 is 5.97 Å². The number of ether oxygens (including phenoxy) is 2. The Bertz CT molecular complexity index is 638. The van der Waals surface area contributed by atoms with Crippen molar-refractivity contribution in [2.24, 2.45) is 0 Å². The molecule has 2 rings (SSSR count). The summed E-state index contributed by atoms with van der Waals surface area (Å²) in [4.78, 5) is 11.4.